The maximum atomic E-state index is 14.7. The summed E-state index contributed by atoms with van der Waals surface area (Å²) < 4.78 is 17.7. The molecule has 2 aromatic carbocycles. The van der Waals surface area contributed by atoms with Crippen molar-refractivity contribution in [1.82, 2.24) is 41.3 Å². The van der Waals surface area contributed by atoms with Gasteiger partial charge >= 0.3 is 12.1 Å². The molecule has 1 heterocycles. The van der Waals surface area contributed by atoms with Gasteiger partial charge in [-0.15, -0.1) is 0 Å². The average molecular weight is 1170 g/mol. The first-order chi connectivity index (χ1) is 39.1. The van der Waals surface area contributed by atoms with Crippen LogP contribution in [0.4, 0.5) is 15.3 Å². The molecule has 23 heteroatoms. The quantitative estimate of drug-likeness (QED) is 0.0465. The zero-order valence-corrected chi connectivity index (χ0v) is 51.5. The van der Waals surface area contributed by atoms with Gasteiger partial charge in [-0.1, -0.05) is 111 Å². The number of primary amides is 1. The van der Waals surface area contributed by atoms with Crippen LogP contribution in [0.1, 0.15) is 132 Å². The number of hydrogen-bond acceptors (Lipinski definition) is 13. The van der Waals surface area contributed by atoms with Crippen LogP contribution in [-0.2, 0) is 54.4 Å². The van der Waals surface area contributed by atoms with E-state index >= 15 is 0 Å². The van der Waals surface area contributed by atoms with E-state index in [1.165, 1.54) is 33.1 Å². The van der Waals surface area contributed by atoms with E-state index in [0.29, 0.717) is 49.0 Å². The zero-order chi connectivity index (χ0) is 62.4. The second-order valence-electron chi connectivity index (χ2n) is 22.9. The smallest absolute Gasteiger partial charge is 0.410 e. The SMILES string of the molecule is CC[C@H](C)[C@@H]([C@@H](CC(=O)N1CCC[C@H]1[C@H](OC)[C@@H](C)C(=O)N[C@H](C)[C@@H](O)c1ccccc1)OC)N(C)C(=O)C(NC(=O)C(C(C)C)N(C)C(=O)OCc1ccc(NC(=O)[C@H](CCCNC(N)=O)NC(=O)C(NC(C)=O)C(C)C)cc1)C(C)C. The fourth-order valence-corrected chi connectivity index (χ4v) is 10.7. The Kier molecular flexibility index (Phi) is 28.9. The minimum Gasteiger partial charge on any atom is -0.445 e. The molecule has 0 aromatic heterocycles. The molecule has 12 atom stereocenters. The van der Waals surface area contributed by atoms with Gasteiger partial charge in [0.1, 0.15) is 30.8 Å². The lowest BCUT2D eigenvalue weighted by atomic mass is 9.89. The van der Waals surface area contributed by atoms with Crippen molar-refractivity contribution in [3.05, 3.63) is 65.7 Å². The van der Waals surface area contributed by atoms with E-state index in [4.69, 9.17) is 19.9 Å². The summed E-state index contributed by atoms with van der Waals surface area (Å²) >= 11 is 0. The number of urea groups is 1. The molecule has 2 aromatic rings. The third kappa shape index (κ3) is 20.8. The van der Waals surface area contributed by atoms with Crippen molar-refractivity contribution in [3.63, 3.8) is 0 Å². The van der Waals surface area contributed by atoms with Crippen molar-refractivity contribution < 1.29 is 62.5 Å². The van der Waals surface area contributed by atoms with Gasteiger partial charge in [0.2, 0.25) is 41.4 Å². The summed E-state index contributed by atoms with van der Waals surface area (Å²) in [5.74, 6) is -5.01. The number of aliphatic hydroxyl groups excluding tert-OH is 1. The molecule has 1 fully saturated rings. The lowest BCUT2D eigenvalue weighted by Crippen LogP contribution is -2.60. The highest BCUT2D eigenvalue weighted by atomic mass is 16.6. The van der Waals surface area contributed by atoms with E-state index in [1.807, 2.05) is 32.0 Å². The van der Waals surface area contributed by atoms with Crippen molar-refractivity contribution in [3.8, 4) is 0 Å². The molecule has 0 radical (unpaired) electrons. The number of anilines is 1. The minimum absolute atomic E-state index is 0.0813. The van der Waals surface area contributed by atoms with E-state index in [1.54, 1.807) is 109 Å². The summed E-state index contributed by atoms with van der Waals surface area (Å²) in [5.41, 5.74) is 6.77. The van der Waals surface area contributed by atoms with Gasteiger partial charge < -0.3 is 66.8 Å². The van der Waals surface area contributed by atoms with Crippen molar-refractivity contribution >= 4 is 59.2 Å². The Bertz CT molecular complexity index is 2450. The monoisotopic (exact) mass is 1160 g/mol. The largest absolute Gasteiger partial charge is 0.445 e. The summed E-state index contributed by atoms with van der Waals surface area (Å²) in [4.78, 5) is 125. The molecule has 9 N–H and O–H groups in total. The first kappa shape index (κ1) is 70.4. The number of rotatable bonds is 32. The van der Waals surface area contributed by atoms with Gasteiger partial charge in [-0.2, -0.15) is 0 Å². The predicted molar refractivity (Wildman–Crippen MR) is 315 cm³/mol. The summed E-state index contributed by atoms with van der Waals surface area (Å²) in [6.07, 6.45) is -0.892. The number of nitrogens with one attached hydrogen (secondary N) is 6. The molecule has 0 saturated carbocycles. The number of hydrogen-bond donors (Lipinski definition) is 8. The number of methoxy groups -OCH3 is 2. The highest BCUT2D eigenvalue weighted by Crippen LogP contribution is 2.30. The van der Waals surface area contributed by atoms with Crippen LogP contribution in [0.2, 0.25) is 0 Å². The highest BCUT2D eigenvalue weighted by Gasteiger charge is 2.44. The van der Waals surface area contributed by atoms with Gasteiger partial charge in [-0.3, -0.25) is 38.5 Å². The fraction of sp³-hybridized carbons (Fsp3) is 0.650. The molecule has 1 aliphatic heterocycles. The van der Waals surface area contributed by atoms with Crippen molar-refractivity contribution in [2.75, 3.05) is 46.7 Å². The number of ether oxygens (including phenoxy) is 3. The van der Waals surface area contributed by atoms with Crippen molar-refractivity contribution in [1.29, 1.82) is 0 Å². The maximum absolute atomic E-state index is 14.7. The molecule has 83 heavy (non-hydrogen) atoms. The Labute approximate surface area is 491 Å². The Morgan fingerprint density at radius 3 is 1.92 bits per heavy atom. The highest BCUT2D eigenvalue weighted by molar-refractivity contribution is 5.98. The van der Waals surface area contributed by atoms with Crippen LogP contribution in [-0.4, -0.2) is 169 Å². The molecule has 0 spiro atoms. The molecule has 3 rings (SSSR count). The summed E-state index contributed by atoms with van der Waals surface area (Å²) in [5, 5.41) is 27.4. The topological polar surface area (TPSA) is 309 Å². The van der Waals surface area contributed by atoms with Crippen molar-refractivity contribution in [2.24, 2.45) is 35.3 Å². The van der Waals surface area contributed by atoms with Crippen LogP contribution in [0.15, 0.2) is 54.6 Å². The molecule has 1 aliphatic rings. The van der Waals surface area contributed by atoms with Gasteiger partial charge in [0.25, 0.3) is 0 Å². The van der Waals surface area contributed by atoms with E-state index in [9.17, 15) is 48.3 Å². The number of nitrogens with two attached hydrogens (primary N) is 1. The summed E-state index contributed by atoms with van der Waals surface area (Å²) in [6, 6.07) is 9.08. The Morgan fingerprint density at radius 2 is 1.37 bits per heavy atom. The van der Waals surface area contributed by atoms with Crippen LogP contribution in [0.5, 0.6) is 0 Å². The number of aliphatic hydroxyl groups is 1. The first-order valence-corrected chi connectivity index (χ1v) is 29.0. The standard InChI is InChI=1S/C60H96N10O13/c1-16-37(8)51(46(81-14)32-47(72)70-31-21-25-45(70)53(82-15)38(9)54(74)63-39(10)52(73)42-22-18-17-19-23-42)68(12)58(78)49(35(4)5)67-57(77)50(36(6)7)69(13)60(80)83-33-41-26-28-43(29-27-41)65-55(75)44(24-20-30-62-59(61)79)66-56(76)48(34(2)3)64-40(11)71/h17-19,22-23,26-29,34-39,44-46,48-53,73H,16,20-21,24-25,30-33H2,1-15H3,(H,63,74)(H,64,71)(H,65,75)(H,66,76)(H,67,77)(H3,61,62,79)/t37-,38+,39+,44-,45-,46+,48?,49?,50?,51-,52+,53+/m0/s1. The van der Waals surface area contributed by atoms with Gasteiger partial charge in [-0.25, -0.2) is 9.59 Å². The van der Waals surface area contributed by atoms with Crippen LogP contribution in [0.25, 0.3) is 0 Å². The first-order valence-electron chi connectivity index (χ1n) is 29.0. The number of carbonyl (C=O) groups excluding carboxylic acids is 9. The van der Waals surface area contributed by atoms with E-state index in [2.05, 4.69) is 31.9 Å². The number of benzene rings is 2. The molecule has 23 nitrogen and oxygen atoms in total. The summed E-state index contributed by atoms with van der Waals surface area (Å²) in [7, 11) is 6.10. The van der Waals surface area contributed by atoms with E-state index in [-0.39, 0.29) is 49.6 Å². The number of carbonyl (C=O) groups is 9. The van der Waals surface area contributed by atoms with Gasteiger partial charge in [0.05, 0.1) is 48.8 Å². The number of likely N-dealkylation sites (tertiary alicyclic amines) is 1. The van der Waals surface area contributed by atoms with Crippen LogP contribution >= 0.6 is 0 Å². The van der Waals surface area contributed by atoms with Crippen LogP contribution in [0.3, 0.4) is 0 Å². The second-order valence-corrected chi connectivity index (χ2v) is 22.9. The Morgan fingerprint density at radius 1 is 0.747 bits per heavy atom. The molecule has 3 unspecified atom stereocenters. The average Bonchev–Trinajstić information content (AvgIpc) is 4.01. The Hall–Kier alpha value is -6.85. The third-order valence-corrected chi connectivity index (χ3v) is 15.6. The summed E-state index contributed by atoms with van der Waals surface area (Å²) in [6.45, 7) is 19.8. The fourth-order valence-electron chi connectivity index (χ4n) is 10.7. The van der Waals surface area contributed by atoms with Crippen LogP contribution < -0.4 is 37.6 Å². The molecule has 10 amide bonds. The van der Waals surface area contributed by atoms with Gasteiger partial charge in [0.15, 0.2) is 0 Å². The predicted octanol–water partition coefficient (Wildman–Crippen LogP) is 4.61. The Balaban J connectivity index is 1.71. The molecular formula is C60H96N10O13. The van der Waals surface area contributed by atoms with E-state index < -0.39 is 120 Å². The minimum atomic E-state index is -1.06. The number of likely N-dealkylation sites (N-methyl/N-ethyl adjacent to an activating group) is 2. The zero-order valence-electron chi connectivity index (χ0n) is 51.5. The molecule has 464 valence electrons. The van der Waals surface area contributed by atoms with Gasteiger partial charge in [-0.05, 0) is 79.5 Å². The third-order valence-electron chi connectivity index (χ3n) is 15.6. The maximum Gasteiger partial charge on any atom is 0.410 e. The molecule has 0 bridgehead atoms. The second kappa shape index (κ2) is 34.1. The number of amides is 10. The molecule has 1 saturated heterocycles. The van der Waals surface area contributed by atoms with Gasteiger partial charge in [0, 0.05) is 54.0 Å². The lowest BCUT2D eigenvalue weighted by Gasteiger charge is -2.41. The lowest BCUT2D eigenvalue weighted by molar-refractivity contribution is -0.148. The molecular weight excluding hydrogens is 1070 g/mol. The van der Waals surface area contributed by atoms with E-state index in [0.717, 1.165) is 0 Å². The normalized spacial score (nSPS) is 17.3. The van der Waals surface area contributed by atoms with Crippen molar-refractivity contribution in [2.45, 2.75) is 182 Å². The van der Waals surface area contributed by atoms with Crippen LogP contribution in [0, 0.1) is 29.6 Å². The molecule has 0 aliphatic carbocycles. The number of nitrogens with zero attached hydrogens (tertiary/aromatic N) is 3.